The Hall–Kier alpha value is -3.45. The molecule has 3 aliphatic heterocycles. The smallest absolute Gasteiger partial charge is 0.325 e. The predicted octanol–water partition coefficient (Wildman–Crippen LogP) is 2.73. The average molecular weight is 590 g/mol. The van der Waals surface area contributed by atoms with Crippen molar-refractivity contribution in [3.8, 4) is 0 Å². The summed E-state index contributed by atoms with van der Waals surface area (Å²) in [5.41, 5.74) is 10.8. The molecule has 42 heavy (non-hydrogen) atoms. The van der Waals surface area contributed by atoms with Gasteiger partial charge in [-0.2, -0.15) is 5.10 Å². The summed E-state index contributed by atoms with van der Waals surface area (Å²) in [5.74, 6) is -2.15. The van der Waals surface area contributed by atoms with Crippen LogP contribution < -0.4 is 16.4 Å². The predicted molar refractivity (Wildman–Crippen MR) is 152 cm³/mol. The highest BCUT2D eigenvalue weighted by Gasteiger charge is 2.43. The third-order valence-electron chi connectivity index (χ3n) is 8.85. The summed E-state index contributed by atoms with van der Waals surface area (Å²) in [7, 11) is 1.60. The van der Waals surface area contributed by atoms with Crippen LogP contribution in [0.15, 0.2) is 41.0 Å². The van der Waals surface area contributed by atoms with Crippen molar-refractivity contribution in [2.45, 2.75) is 70.1 Å². The van der Waals surface area contributed by atoms with Gasteiger partial charge in [-0.15, -0.1) is 0 Å². The van der Waals surface area contributed by atoms with Crippen LogP contribution in [0.2, 0.25) is 0 Å². The topological polar surface area (TPSA) is 138 Å². The lowest BCUT2D eigenvalue weighted by molar-refractivity contribution is -0.137. The van der Waals surface area contributed by atoms with E-state index in [-0.39, 0.29) is 25.0 Å². The maximum Gasteiger partial charge on any atom is 0.325 e. The molecule has 1 aromatic heterocycles. The third-order valence-corrected chi connectivity index (χ3v) is 8.85. The lowest BCUT2D eigenvalue weighted by atomic mass is 9.79. The zero-order valence-corrected chi connectivity index (χ0v) is 24.2. The first-order valence-corrected chi connectivity index (χ1v) is 14.6. The maximum absolute atomic E-state index is 14.6. The summed E-state index contributed by atoms with van der Waals surface area (Å²) >= 11 is 0. The van der Waals surface area contributed by atoms with Gasteiger partial charge in [0.1, 0.15) is 12.2 Å². The molecule has 4 heterocycles. The Morgan fingerprint density at radius 2 is 2.02 bits per heavy atom. The van der Waals surface area contributed by atoms with Crippen LogP contribution >= 0.6 is 0 Å². The minimum Gasteiger partial charge on any atom is -0.480 e. The summed E-state index contributed by atoms with van der Waals surface area (Å²) in [5, 5.41) is 19.6. The SMILES string of the molecule is CNC(=O)N1CCC(NC2CCOCC2)=C(C(C)(N)N2CCCC3=C2CC(C(F)F)C(c2cnn(CC(=O)O)c2)=C3)C1. The number of nitrogens with one attached hydrogen (secondary N) is 2. The first-order valence-electron chi connectivity index (χ1n) is 14.6. The lowest BCUT2D eigenvalue weighted by Gasteiger charge is -2.50. The van der Waals surface area contributed by atoms with E-state index < -0.39 is 24.0 Å². The minimum absolute atomic E-state index is 0.102. The maximum atomic E-state index is 14.6. The Labute approximate surface area is 244 Å². The van der Waals surface area contributed by atoms with Crippen molar-refractivity contribution >= 4 is 17.6 Å². The second kappa shape index (κ2) is 12.4. The van der Waals surface area contributed by atoms with Crippen molar-refractivity contribution in [3.05, 3.63) is 46.6 Å². The number of allylic oxidation sites excluding steroid dienone is 4. The molecular formula is C29H41F2N7O4. The molecular weight excluding hydrogens is 548 g/mol. The van der Waals surface area contributed by atoms with E-state index in [0.29, 0.717) is 50.4 Å². The number of rotatable bonds is 8. The van der Waals surface area contributed by atoms with Gasteiger partial charge in [-0.05, 0) is 50.2 Å². The van der Waals surface area contributed by atoms with Gasteiger partial charge in [0.15, 0.2) is 0 Å². The number of alkyl halides is 2. The second-order valence-corrected chi connectivity index (χ2v) is 11.7. The van der Waals surface area contributed by atoms with Gasteiger partial charge in [-0.3, -0.25) is 9.48 Å². The normalized spacial score (nSPS) is 23.5. The molecule has 1 fully saturated rings. The summed E-state index contributed by atoms with van der Waals surface area (Å²) in [6.45, 7) is 4.44. The molecule has 11 nitrogen and oxygen atoms in total. The van der Waals surface area contributed by atoms with Gasteiger partial charge in [0, 0.05) is 81.1 Å². The molecule has 0 radical (unpaired) electrons. The van der Waals surface area contributed by atoms with Crippen LogP contribution in [0.1, 0.15) is 51.0 Å². The Kier molecular flexibility index (Phi) is 8.88. The van der Waals surface area contributed by atoms with Crippen LogP contribution in [0.3, 0.4) is 0 Å². The van der Waals surface area contributed by atoms with Gasteiger partial charge in [0.25, 0.3) is 0 Å². The van der Waals surface area contributed by atoms with Crippen molar-refractivity contribution in [3.63, 3.8) is 0 Å². The molecule has 2 unspecified atom stereocenters. The Morgan fingerprint density at radius 1 is 1.26 bits per heavy atom. The van der Waals surface area contributed by atoms with Gasteiger partial charge in [-0.1, -0.05) is 6.08 Å². The van der Waals surface area contributed by atoms with Crippen molar-refractivity contribution in [2.75, 3.05) is 39.9 Å². The van der Waals surface area contributed by atoms with Crippen LogP contribution in [0.25, 0.3) is 5.57 Å². The van der Waals surface area contributed by atoms with E-state index >= 15 is 0 Å². The number of hydrogen-bond acceptors (Lipinski definition) is 7. The zero-order valence-electron chi connectivity index (χ0n) is 24.2. The van der Waals surface area contributed by atoms with Crippen LogP contribution in [-0.2, 0) is 16.1 Å². The van der Waals surface area contributed by atoms with Crippen LogP contribution in [0, 0.1) is 5.92 Å². The largest absolute Gasteiger partial charge is 0.480 e. The standard InChI is InChI=1S/C29H41F2N7O4/c1-29(32,23-16-36(28(41)33-2)9-5-24(23)35-20-6-10-42-11-7-20)38-8-3-4-18-12-21(22(27(30)31)13-25(18)38)19-14-34-37(15-19)17-26(39)40/h12,14-15,20,22,27,35H,3-11,13,16-17,32H2,1-2H3,(H,33,41)(H,39,40). The van der Waals surface area contributed by atoms with Gasteiger partial charge in [-0.25, -0.2) is 13.6 Å². The first kappa shape index (κ1) is 30.0. The average Bonchev–Trinajstić information content (AvgIpc) is 3.44. The zero-order chi connectivity index (χ0) is 30.0. The van der Waals surface area contributed by atoms with Gasteiger partial charge in [0.05, 0.1) is 12.1 Å². The number of hydrogen-bond donors (Lipinski definition) is 4. The Morgan fingerprint density at radius 3 is 2.71 bits per heavy atom. The molecule has 1 aromatic rings. The molecule has 5 N–H and O–H groups in total. The first-order chi connectivity index (χ1) is 20.1. The highest BCUT2D eigenvalue weighted by atomic mass is 19.3. The number of carbonyl (C=O) groups excluding carboxylic acids is 1. The van der Waals surface area contributed by atoms with Crippen molar-refractivity contribution in [2.24, 2.45) is 11.7 Å². The van der Waals surface area contributed by atoms with E-state index in [4.69, 9.17) is 15.6 Å². The highest BCUT2D eigenvalue weighted by molar-refractivity contribution is 5.75. The van der Waals surface area contributed by atoms with Crippen LogP contribution in [0.4, 0.5) is 13.6 Å². The van der Waals surface area contributed by atoms with Gasteiger partial charge in [0.2, 0.25) is 6.43 Å². The molecule has 4 aliphatic rings. The lowest BCUT2D eigenvalue weighted by Crippen LogP contribution is -2.60. The van der Waals surface area contributed by atoms with E-state index in [1.165, 1.54) is 17.1 Å². The molecule has 0 bridgehead atoms. The number of aromatic nitrogens is 2. The quantitative estimate of drug-likeness (QED) is 0.363. The van der Waals surface area contributed by atoms with Crippen molar-refractivity contribution in [1.82, 2.24) is 30.2 Å². The van der Waals surface area contributed by atoms with Gasteiger partial charge >= 0.3 is 12.0 Å². The number of carboxylic acids is 1. The fourth-order valence-corrected chi connectivity index (χ4v) is 6.63. The second-order valence-electron chi connectivity index (χ2n) is 11.7. The number of urea groups is 1. The number of halogens is 2. The van der Waals surface area contributed by atoms with E-state index in [1.807, 2.05) is 13.0 Å². The Balaban J connectivity index is 1.51. The fourth-order valence-electron chi connectivity index (χ4n) is 6.63. The summed E-state index contributed by atoms with van der Waals surface area (Å²) in [6.07, 6.45) is 6.16. The Bertz CT molecular complexity index is 1280. The monoisotopic (exact) mass is 589 g/mol. The van der Waals surface area contributed by atoms with Crippen molar-refractivity contribution < 1.29 is 28.2 Å². The molecule has 0 saturated carbocycles. The third kappa shape index (κ3) is 6.17. The van der Waals surface area contributed by atoms with Crippen LogP contribution in [-0.4, -0.2) is 94.7 Å². The summed E-state index contributed by atoms with van der Waals surface area (Å²) in [4.78, 5) is 27.6. The molecule has 13 heteroatoms. The highest BCUT2D eigenvalue weighted by Crippen LogP contribution is 2.45. The fraction of sp³-hybridized carbons (Fsp3) is 0.621. The number of nitrogens with zero attached hydrogens (tertiary/aromatic N) is 4. The number of carboxylic acid groups (broad SMARTS) is 1. The number of nitrogens with two attached hydrogens (primary N) is 1. The number of ether oxygens (including phenoxy) is 1. The number of aliphatic carboxylic acids is 1. The van der Waals surface area contributed by atoms with Crippen LogP contribution in [0.5, 0.6) is 0 Å². The van der Waals surface area contributed by atoms with E-state index in [9.17, 15) is 18.4 Å². The minimum atomic E-state index is -2.63. The van der Waals surface area contributed by atoms with Gasteiger partial charge < -0.3 is 36.0 Å². The van der Waals surface area contributed by atoms with E-state index in [2.05, 4.69) is 20.6 Å². The molecule has 2 amide bonds. The summed E-state index contributed by atoms with van der Waals surface area (Å²) in [6, 6.07) is 0.0612. The molecule has 2 atom stereocenters. The number of carbonyl (C=O) groups is 2. The molecule has 1 saturated heterocycles. The molecule has 0 spiro atoms. The van der Waals surface area contributed by atoms with E-state index in [1.54, 1.807) is 11.9 Å². The molecule has 5 rings (SSSR count). The molecule has 230 valence electrons. The van der Waals surface area contributed by atoms with E-state index in [0.717, 1.165) is 48.2 Å². The van der Waals surface area contributed by atoms with Crippen molar-refractivity contribution in [1.29, 1.82) is 0 Å². The summed E-state index contributed by atoms with van der Waals surface area (Å²) < 4.78 is 36.0. The number of amides is 2. The molecule has 0 aromatic carbocycles. The molecule has 1 aliphatic carbocycles.